The molecule has 0 aliphatic rings. The van der Waals surface area contributed by atoms with Crippen molar-refractivity contribution in [2.45, 2.75) is 6.54 Å². The van der Waals surface area contributed by atoms with E-state index in [9.17, 15) is 0 Å². The van der Waals surface area contributed by atoms with E-state index in [4.69, 9.17) is 4.84 Å². The van der Waals surface area contributed by atoms with Gasteiger partial charge in [-0.25, -0.2) is 9.97 Å². The van der Waals surface area contributed by atoms with Crippen molar-refractivity contribution in [2.24, 2.45) is 0 Å². The summed E-state index contributed by atoms with van der Waals surface area (Å²) in [7, 11) is 1.58. The zero-order valence-electron chi connectivity index (χ0n) is 7.27. The quantitative estimate of drug-likeness (QED) is 0.690. The average Bonchev–Trinajstić information content (AvgIpc) is 2.58. The van der Waals surface area contributed by atoms with Gasteiger partial charge in [-0.15, -0.1) is 0 Å². The Bertz CT molecular complexity index is 398. The van der Waals surface area contributed by atoms with Gasteiger partial charge in [0.1, 0.15) is 0 Å². The molecule has 2 aromatic heterocycles. The third-order valence-corrected chi connectivity index (χ3v) is 1.76. The molecule has 0 saturated heterocycles. The fourth-order valence-corrected chi connectivity index (χ4v) is 1.15. The second-order valence-electron chi connectivity index (χ2n) is 2.56. The summed E-state index contributed by atoms with van der Waals surface area (Å²) in [5.74, 6) is 0.704. The standard InChI is InChI=1S/C8H10N4O/c1-13-11-6-7-5-10-8-9-3-2-4-12(7)8/h2-5,11H,6H2,1H3. The molecule has 0 aliphatic heterocycles. The van der Waals surface area contributed by atoms with Crippen LogP contribution in [0.5, 0.6) is 0 Å². The molecule has 5 nitrogen and oxygen atoms in total. The predicted octanol–water partition coefficient (Wildman–Crippen LogP) is 0.380. The van der Waals surface area contributed by atoms with E-state index >= 15 is 0 Å². The molecule has 0 aromatic carbocycles. The highest BCUT2D eigenvalue weighted by Crippen LogP contribution is 2.02. The van der Waals surface area contributed by atoms with E-state index < -0.39 is 0 Å². The number of nitrogens with one attached hydrogen (secondary N) is 1. The first-order valence-corrected chi connectivity index (χ1v) is 3.94. The summed E-state index contributed by atoms with van der Waals surface area (Å²) in [4.78, 5) is 13.0. The zero-order valence-corrected chi connectivity index (χ0v) is 7.27. The van der Waals surface area contributed by atoms with Crippen LogP contribution in [0.15, 0.2) is 24.7 Å². The van der Waals surface area contributed by atoms with Crippen LogP contribution in [-0.2, 0) is 11.4 Å². The molecular formula is C8H10N4O. The largest absolute Gasteiger partial charge is 0.305 e. The molecule has 0 spiro atoms. The molecule has 13 heavy (non-hydrogen) atoms. The Hall–Kier alpha value is -1.46. The van der Waals surface area contributed by atoms with Gasteiger partial charge in [0.15, 0.2) is 0 Å². The lowest BCUT2D eigenvalue weighted by Crippen LogP contribution is -2.12. The smallest absolute Gasteiger partial charge is 0.233 e. The van der Waals surface area contributed by atoms with Crippen molar-refractivity contribution in [1.29, 1.82) is 0 Å². The molecule has 0 unspecified atom stereocenters. The summed E-state index contributed by atoms with van der Waals surface area (Å²) in [6.45, 7) is 0.614. The van der Waals surface area contributed by atoms with Crippen molar-refractivity contribution in [1.82, 2.24) is 19.8 Å². The maximum Gasteiger partial charge on any atom is 0.233 e. The van der Waals surface area contributed by atoms with Crippen molar-refractivity contribution in [2.75, 3.05) is 7.11 Å². The van der Waals surface area contributed by atoms with Gasteiger partial charge < -0.3 is 4.84 Å². The van der Waals surface area contributed by atoms with Crippen molar-refractivity contribution >= 4 is 5.78 Å². The molecule has 2 rings (SSSR count). The monoisotopic (exact) mass is 178 g/mol. The minimum atomic E-state index is 0.614. The van der Waals surface area contributed by atoms with Crippen molar-refractivity contribution in [3.63, 3.8) is 0 Å². The molecule has 1 N–H and O–H groups in total. The Labute approximate surface area is 75.3 Å². The molecule has 0 atom stereocenters. The molecule has 0 aliphatic carbocycles. The molecule has 0 bridgehead atoms. The summed E-state index contributed by atoms with van der Waals surface area (Å²) < 4.78 is 1.91. The lowest BCUT2D eigenvalue weighted by atomic mass is 10.5. The highest BCUT2D eigenvalue weighted by Gasteiger charge is 2.01. The summed E-state index contributed by atoms with van der Waals surface area (Å²) in [6.07, 6.45) is 5.41. The Kier molecular flexibility index (Phi) is 2.20. The van der Waals surface area contributed by atoms with Gasteiger partial charge in [-0.2, -0.15) is 5.48 Å². The molecule has 0 saturated carbocycles. The molecule has 68 valence electrons. The first kappa shape index (κ1) is 8.15. The van der Waals surface area contributed by atoms with Crippen molar-refractivity contribution < 1.29 is 4.84 Å². The summed E-state index contributed by atoms with van der Waals surface area (Å²) >= 11 is 0. The summed E-state index contributed by atoms with van der Waals surface area (Å²) in [5, 5.41) is 0. The number of aromatic nitrogens is 3. The predicted molar refractivity (Wildman–Crippen MR) is 46.8 cm³/mol. The summed E-state index contributed by atoms with van der Waals surface area (Å²) in [6, 6.07) is 1.87. The van der Waals surface area contributed by atoms with Gasteiger partial charge in [-0.3, -0.25) is 4.40 Å². The van der Waals surface area contributed by atoms with Crippen LogP contribution in [0, 0.1) is 0 Å². The number of nitrogens with zero attached hydrogens (tertiary/aromatic N) is 3. The third-order valence-electron chi connectivity index (χ3n) is 1.76. The zero-order chi connectivity index (χ0) is 9.10. The fraction of sp³-hybridized carbons (Fsp3) is 0.250. The Morgan fingerprint density at radius 3 is 3.31 bits per heavy atom. The van der Waals surface area contributed by atoms with E-state index in [2.05, 4.69) is 15.4 Å². The van der Waals surface area contributed by atoms with Gasteiger partial charge in [-0.1, -0.05) is 0 Å². The third kappa shape index (κ3) is 1.51. The van der Waals surface area contributed by atoms with E-state index in [1.165, 1.54) is 0 Å². The van der Waals surface area contributed by atoms with E-state index in [1.54, 1.807) is 19.5 Å². The molecule has 5 heteroatoms. The first-order chi connectivity index (χ1) is 6.42. The molecule has 2 aromatic rings. The number of hydroxylamine groups is 1. The number of hydrogen-bond acceptors (Lipinski definition) is 4. The normalized spacial score (nSPS) is 10.8. The van der Waals surface area contributed by atoms with Gasteiger partial charge in [0, 0.05) is 12.4 Å². The van der Waals surface area contributed by atoms with Crippen molar-refractivity contribution in [3.05, 3.63) is 30.4 Å². The van der Waals surface area contributed by atoms with Crippen LogP contribution in [0.3, 0.4) is 0 Å². The maximum absolute atomic E-state index is 4.75. The minimum absolute atomic E-state index is 0.614. The SMILES string of the molecule is CONCc1cnc2ncccn12. The minimum Gasteiger partial charge on any atom is -0.305 e. The summed E-state index contributed by atoms with van der Waals surface area (Å²) in [5.41, 5.74) is 3.77. The van der Waals surface area contributed by atoms with Gasteiger partial charge in [0.25, 0.3) is 0 Å². The Balaban J connectivity index is 2.35. The van der Waals surface area contributed by atoms with Gasteiger partial charge in [0.05, 0.1) is 25.5 Å². The fourth-order valence-electron chi connectivity index (χ4n) is 1.15. The van der Waals surface area contributed by atoms with Gasteiger partial charge >= 0.3 is 0 Å². The van der Waals surface area contributed by atoms with Crippen LogP contribution in [0.2, 0.25) is 0 Å². The number of hydrogen-bond donors (Lipinski definition) is 1. The van der Waals surface area contributed by atoms with Gasteiger partial charge in [0.2, 0.25) is 5.78 Å². The highest BCUT2D eigenvalue weighted by atomic mass is 16.6. The van der Waals surface area contributed by atoms with E-state index in [1.807, 2.05) is 16.7 Å². The first-order valence-electron chi connectivity index (χ1n) is 3.94. The van der Waals surface area contributed by atoms with E-state index in [-0.39, 0.29) is 0 Å². The second-order valence-corrected chi connectivity index (χ2v) is 2.56. The molecule has 0 fully saturated rings. The number of rotatable bonds is 3. The van der Waals surface area contributed by atoms with Crippen LogP contribution in [0.1, 0.15) is 5.69 Å². The second kappa shape index (κ2) is 3.51. The molecule has 0 radical (unpaired) electrons. The van der Waals surface area contributed by atoms with Crippen LogP contribution in [-0.4, -0.2) is 21.5 Å². The van der Waals surface area contributed by atoms with Crippen molar-refractivity contribution in [3.8, 4) is 0 Å². The van der Waals surface area contributed by atoms with E-state index in [0.717, 1.165) is 5.69 Å². The average molecular weight is 178 g/mol. The Morgan fingerprint density at radius 1 is 1.54 bits per heavy atom. The van der Waals surface area contributed by atoms with Crippen LogP contribution in [0.4, 0.5) is 0 Å². The lowest BCUT2D eigenvalue weighted by Gasteiger charge is -2.00. The highest BCUT2D eigenvalue weighted by molar-refractivity contribution is 5.29. The van der Waals surface area contributed by atoms with E-state index in [0.29, 0.717) is 12.3 Å². The molecule has 0 amide bonds. The van der Waals surface area contributed by atoms with Gasteiger partial charge in [-0.05, 0) is 6.07 Å². The molecular weight excluding hydrogens is 168 g/mol. The lowest BCUT2D eigenvalue weighted by molar-refractivity contribution is 0.0856. The molecule has 2 heterocycles. The van der Waals surface area contributed by atoms with Crippen LogP contribution >= 0.6 is 0 Å². The maximum atomic E-state index is 4.75. The number of fused-ring (bicyclic) bond motifs is 1. The van der Waals surface area contributed by atoms with Crippen LogP contribution in [0.25, 0.3) is 5.78 Å². The Morgan fingerprint density at radius 2 is 2.46 bits per heavy atom. The van der Waals surface area contributed by atoms with Crippen LogP contribution < -0.4 is 5.48 Å². The number of imidazole rings is 1. The topological polar surface area (TPSA) is 51.5 Å².